The van der Waals surface area contributed by atoms with Gasteiger partial charge in [0, 0.05) is 17.3 Å². The summed E-state index contributed by atoms with van der Waals surface area (Å²) < 4.78 is 67.7. The molecule has 0 bridgehead atoms. The zero-order valence-electron chi connectivity index (χ0n) is 23.0. The minimum Gasteiger partial charge on any atom is -0.349 e. The molecule has 1 aliphatic carbocycles. The van der Waals surface area contributed by atoms with Gasteiger partial charge in [0.25, 0.3) is 11.8 Å². The Morgan fingerprint density at radius 1 is 1.11 bits per heavy atom. The molecule has 2 amide bonds. The van der Waals surface area contributed by atoms with Crippen molar-refractivity contribution in [2.45, 2.75) is 51.4 Å². The maximum absolute atomic E-state index is 13.7. The van der Waals surface area contributed by atoms with Crippen LogP contribution in [0.3, 0.4) is 0 Å². The summed E-state index contributed by atoms with van der Waals surface area (Å²) in [4.78, 5) is 31.1. The van der Waals surface area contributed by atoms with Crippen molar-refractivity contribution in [3.05, 3.63) is 81.0 Å². The molecule has 44 heavy (non-hydrogen) atoms. The summed E-state index contributed by atoms with van der Waals surface area (Å²) in [5, 5.41) is 16.6. The molecule has 2 N–H and O–H groups in total. The van der Waals surface area contributed by atoms with Crippen molar-refractivity contribution in [1.82, 2.24) is 35.1 Å². The molecule has 3 aromatic heterocycles. The number of benzene rings is 1. The van der Waals surface area contributed by atoms with Crippen LogP contribution in [0.2, 0.25) is 10.0 Å². The molecule has 1 aromatic carbocycles. The van der Waals surface area contributed by atoms with Crippen LogP contribution in [0.5, 0.6) is 0 Å². The Balaban J connectivity index is 1.49. The maximum Gasteiger partial charge on any atom is 0.459 e. The van der Waals surface area contributed by atoms with E-state index in [0.29, 0.717) is 17.7 Å². The van der Waals surface area contributed by atoms with Gasteiger partial charge < -0.3 is 10.6 Å². The van der Waals surface area contributed by atoms with Gasteiger partial charge in [0.1, 0.15) is 5.69 Å². The Hall–Kier alpha value is -4.11. The van der Waals surface area contributed by atoms with Gasteiger partial charge in [-0.2, -0.15) is 27.1 Å². The van der Waals surface area contributed by atoms with E-state index in [4.69, 9.17) is 23.2 Å². The van der Waals surface area contributed by atoms with Crippen molar-refractivity contribution in [3.8, 4) is 5.82 Å². The van der Waals surface area contributed by atoms with Crippen LogP contribution in [0.15, 0.2) is 42.7 Å². The minimum atomic E-state index is -5.87. The molecule has 0 aliphatic heterocycles. The van der Waals surface area contributed by atoms with Gasteiger partial charge in [-0.25, -0.2) is 14.3 Å². The number of aryl methyl sites for hydroxylation is 1. The normalized spacial score (nSPS) is 14.4. The van der Waals surface area contributed by atoms with E-state index in [2.05, 4.69) is 31.0 Å². The highest BCUT2D eigenvalue weighted by Crippen LogP contribution is 2.42. The van der Waals surface area contributed by atoms with Crippen molar-refractivity contribution >= 4 is 40.7 Å². The van der Waals surface area contributed by atoms with Gasteiger partial charge in [-0.15, -0.1) is 5.10 Å². The number of aromatic nitrogens is 6. The van der Waals surface area contributed by atoms with Gasteiger partial charge >= 0.3 is 12.1 Å². The molecule has 17 heteroatoms. The zero-order chi connectivity index (χ0) is 32.0. The summed E-state index contributed by atoms with van der Waals surface area (Å²) in [7, 11) is 0. The summed E-state index contributed by atoms with van der Waals surface area (Å²) in [6.45, 7) is 3.11. The van der Waals surface area contributed by atoms with Crippen molar-refractivity contribution in [3.63, 3.8) is 0 Å². The summed E-state index contributed by atoms with van der Waals surface area (Å²) in [5.74, 6) is -6.03. The molecule has 5 rings (SSSR count). The van der Waals surface area contributed by atoms with Crippen molar-refractivity contribution < 1.29 is 31.5 Å². The predicted molar refractivity (Wildman–Crippen MR) is 149 cm³/mol. The number of hydrogen-bond acceptors (Lipinski definition) is 6. The zero-order valence-corrected chi connectivity index (χ0v) is 24.5. The first-order chi connectivity index (χ1) is 20.7. The fraction of sp³-hybridized carbons (Fsp3) is 0.333. The third-order valence-electron chi connectivity index (χ3n) is 6.94. The molecule has 0 radical (unpaired) electrons. The summed E-state index contributed by atoms with van der Waals surface area (Å²) in [5.41, 5.74) is -0.940. The Morgan fingerprint density at radius 2 is 1.84 bits per heavy atom. The van der Waals surface area contributed by atoms with E-state index in [1.165, 1.54) is 24.4 Å². The lowest BCUT2D eigenvalue weighted by molar-refractivity contribution is -0.291. The number of amides is 2. The third kappa shape index (κ3) is 6.38. The standard InChI is InChI=1S/C27H23Cl2F5N8O2/c1-13-8-16(28)9-18(24(43)36-14(2)15-5-6-15)22(13)37-25(44)20-10-17(39-42(20)23-19(29)4-3-7-35-23)11-41-12-21(38-40-41)26(30,31)27(32,33)34/h3-4,7-10,12,14-15H,5-6,11H2,1-2H3,(H,36,43)(H,37,44). The molecular formula is C27H23Cl2F5N8O2. The van der Waals surface area contributed by atoms with E-state index < -0.39 is 36.2 Å². The molecular weight excluding hydrogens is 634 g/mol. The number of hydrogen-bond donors (Lipinski definition) is 2. The van der Waals surface area contributed by atoms with E-state index in [1.807, 2.05) is 6.92 Å². The number of carbonyl (C=O) groups excluding carboxylic acids is 2. The SMILES string of the molecule is Cc1cc(Cl)cc(C(=O)NC(C)C2CC2)c1NC(=O)c1cc(Cn2cc(C(F)(F)C(F)(F)F)nn2)nn1-c1ncccc1Cl. The number of pyridine rings is 1. The topological polar surface area (TPSA) is 120 Å². The first-order valence-corrected chi connectivity index (χ1v) is 13.9. The molecule has 1 fully saturated rings. The van der Waals surface area contributed by atoms with E-state index in [1.54, 1.807) is 19.1 Å². The maximum atomic E-state index is 13.7. The number of nitrogens with zero attached hydrogens (tertiary/aromatic N) is 6. The van der Waals surface area contributed by atoms with Crippen LogP contribution in [0.4, 0.5) is 27.6 Å². The fourth-order valence-electron chi connectivity index (χ4n) is 4.46. The average molecular weight is 657 g/mol. The first kappa shape index (κ1) is 31.3. The molecule has 0 saturated heterocycles. The van der Waals surface area contributed by atoms with E-state index in [9.17, 15) is 31.5 Å². The smallest absolute Gasteiger partial charge is 0.349 e. The lowest BCUT2D eigenvalue weighted by Crippen LogP contribution is -2.34. The van der Waals surface area contributed by atoms with Crippen molar-refractivity contribution in [1.29, 1.82) is 0 Å². The Morgan fingerprint density at radius 3 is 2.50 bits per heavy atom. The highest BCUT2D eigenvalue weighted by atomic mass is 35.5. The highest BCUT2D eigenvalue weighted by Gasteiger charge is 2.60. The highest BCUT2D eigenvalue weighted by molar-refractivity contribution is 6.32. The second kappa shape index (κ2) is 11.8. The molecule has 3 heterocycles. The van der Waals surface area contributed by atoms with Gasteiger partial charge in [0.05, 0.1) is 34.7 Å². The molecule has 10 nitrogen and oxygen atoms in total. The van der Waals surface area contributed by atoms with Crippen LogP contribution in [-0.2, 0) is 12.5 Å². The predicted octanol–water partition coefficient (Wildman–Crippen LogP) is 5.96. The van der Waals surface area contributed by atoms with Crippen LogP contribution >= 0.6 is 23.2 Å². The molecule has 0 spiro atoms. The lowest BCUT2D eigenvalue weighted by atomic mass is 10.1. The summed E-state index contributed by atoms with van der Waals surface area (Å²) >= 11 is 12.5. The Labute approximate surface area is 256 Å². The molecule has 1 unspecified atom stereocenters. The van der Waals surface area contributed by atoms with Crippen molar-refractivity contribution in [2.24, 2.45) is 5.92 Å². The number of carbonyl (C=O) groups is 2. The largest absolute Gasteiger partial charge is 0.459 e. The molecule has 1 aliphatic rings. The molecule has 1 saturated carbocycles. The first-order valence-electron chi connectivity index (χ1n) is 13.1. The molecule has 1 atom stereocenters. The lowest BCUT2D eigenvalue weighted by Gasteiger charge is -2.18. The van der Waals surface area contributed by atoms with Crippen LogP contribution in [-0.4, -0.2) is 53.8 Å². The fourth-order valence-corrected chi connectivity index (χ4v) is 4.93. The second-order valence-corrected chi connectivity index (χ2v) is 11.2. The molecule has 4 aromatic rings. The third-order valence-corrected chi connectivity index (χ3v) is 7.46. The van der Waals surface area contributed by atoms with Crippen LogP contribution in [0.1, 0.15) is 57.6 Å². The average Bonchev–Trinajstić information content (AvgIpc) is 3.55. The van der Waals surface area contributed by atoms with E-state index in [-0.39, 0.29) is 44.5 Å². The van der Waals surface area contributed by atoms with Gasteiger partial charge in [0.2, 0.25) is 0 Å². The van der Waals surface area contributed by atoms with Gasteiger partial charge in [0.15, 0.2) is 11.5 Å². The van der Waals surface area contributed by atoms with E-state index in [0.717, 1.165) is 22.2 Å². The van der Waals surface area contributed by atoms with Crippen LogP contribution < -0.4 is 10.6 Å². The Kier molecular flexibility index (Phi) is 8.37. The Bertz CT molecular complexity index is 1740. The number of alkyl halides is 5. The van der Waals surface area contributed by atoms with Crippen LogP contribution in [0.25, 0.3) is 5.82 Å². The minimum absolute atomic E-state index is 0.0210. The van der Waals surface area contributed by atoms with Crippen LogP contribution in [0, 0.1) is 12.8 Å². The quantitative estimate of drug-likeness (QED) is 0.215. The summed E-state index contributed by atoms with van der Waals surface area (Å²) in [6.07, 6.45) is -2.04. The van der Waals surface area contributed by atoms with Gasteiger partial charge in [-0.05, 0) is 68.5 Å². The van der Waals surface area contributed by atoms with Gasteiger partial charge in [-0.3, -0.25) is 9.59 Å². The number of anilines is 1. The van der Waals surface area contributed by atoms with Gasteiger partial charge in [-0.1, -0.05) is 28.4 Å². The number of rotatable bonds is 9. The second-order valence-electron chi connectivity index (χ2n) is 10.3. The monoisotopic (exact) mass is 656 g/mol. The summed E-state index contributed by atoms with van der Waals surface area (Å²) in [6, 6.07) is 7.19. The molecule has 232 valence electrons. The van der Waals surface area contributed by atoms with E-state index >= 15 is 0 Å². The number of halogens is 7. The number of nitrogens with one attached hydrogen (secondary N) is 2. The van der Waals surface area contributed by atoms with Crippen molar-refractivity contribution in [2.75, 3.05) is 5.32 Å².